The lowest BCUT2D eigenvalue weighted by Gasteiger charge is -2.58. The molecule has 22 heavy (non-hydrogen) atoms. The Morgan fingerprint density at radius 2 is 1.91 bits per heavy atom. The number of hydrogen-bond acceptors (Lipinski definition) is 1. The maximum atomic E-state index is 6.34. The summed E-state index contributed by atoms with van der Waals surface area (Å²) in [6.45, 7) is 7.62. The first-order chi connectivity index (χ1) is 10.6. The normalized spacial score (nSPS) is 61.9. The van der Waals surface area contributed by atoms with E-state index in [4.69, 9.17) is 4.74 Å². The third-order valence-corrected chi connectivity index (χ3v) is 9.29. The Bertz CT molecular complexity index is 524. The third-order valence-electron chi connectivity index (χ3n) is 9.29. The van der Waals surface area contributed by atoms with Crippen molar-refractivity contribution in [3.05, 3.63) is 12.2 Å². The van der Waals surface area contributed by atoms with Crippen molar-refractivity contribution >= 4 is 0 Å². The minimum Gasteiger partial charge on any atom is -0.365 e. The van der Waals surface area contributed by atoms with Gasteiger partial charge in [0.15, 0.2) is 0 Å². The van der Waals surface area contributed by atoms with E-state index in [0.717, 1.165) is 23.7 Å². The van der Waals surface area contributed by atoms with Gasteiger partial charge in [0.25, 0.3) is 0 Å². The smallest absolute Gasteiger partial charge is 0.104 e. The number of epoxide rings is 1. The standard InChI is InChI=1S/C21H32O/c1-4-14-7-8-16-15-9-13-21-18(22-21)6-5-11-20(21,3)17(15)10-12-19(14,16)2/h5,11,14-18H,4,6-10,12-13H2,1-3H3/t14-,15-,16-,17-,18?,19+,20+,21?/m0/s1. The number of ether oxygens (including phenoxy) is 1. The largest absolute Gasteiger partial charge is 0.365 e. The van der Waals surface area contributed by atoms with Crippen LogP contribution in [0.2, 0.25) is 0 Å². The summed E-state index contributed by atoms with van der Waals surface area (Å²) in [5.74, 6) is 3.85. The molecule has 5 rings (SSSR count). The lowest BCUT2D eigenvalue weighted by Crippen LogP contribution is -2.55. The molecule has 4 aliphatic carbocycles. The minimum atomic E-state index is 0.249. The van der Waals surface area contributed by atoms with Crippen LogP contribution < -0.4 is 0 Å². The number of hydrogen-bond donors (Lipinski definition) is 0. The molecular weight excluding hydrogens is 268 g/mol. The van der Waals surface area contributed by atoms with E-state index < -0.39 is 0 Å². The Hall–Kier alpha value is -0.300. The Balaban J connectivity index is 1.51. The van der Waals surface area contributed by atoms with Crippen LogP contribution >= 0.6 is 0 Å². The zero-order chi connectivity index (χ0) is 15.2. The van der Waals surface area contributed by atoms with E-state index in [2.05, 4.69) is 32.9 Å². The van der Waals surface area contributed by atoms with Crippen LogP contribution in [0.15, 0.2) is 12.2 Å². The van der Waals surface area contributed by atoms with Crippen LogP contribution in [0.5, 0.6) is 0 Å². The SMILES string of the molecule is CC[C@H]1CC[C@H]2[C@@H]3CCC45OC4CC=C[C@]5(C)[C@H]3CC[C@]12C. The first-order valence-electron chi connectivity index (χ1n) is 9.91. The topological polar surface area (TPSA) is 12.5 Å². The fourth-order valence-corrected chi connectivity index (χ4v) is 8.03. The quantitative estimate of drug-likeness (QED) is 0.469. The van der Waals surface area contributed by atoms with E-state index in [-0.39, 0.29) is 5.60 Å². The highest BCUT2D eigenvalue weighted by Crippen LogP contribution is 2.72. The molecule has 1 saturated heterocycles. The van der Waals surface area contributed by atoms with Gasteiger partial charge in [-0.25, -0.2) is 0 Å². The lowest BCUT2D eigenvalue weighted by molar-refractivity contribution is -0.0853. The molecular formula is C21H32O. The molecule has 1 nitrogen and oxygen atoms in total. The second-order valence-corrected chi connectivity index (χ2v) is 9.56. The fourth-order valence-electron chi connectivity index (χ4n) is 8.03. The zero-order valence-corrected chi connectivity index (χ0v) is 14.6. The van der Waals surface area contributed by atoms with Gasteiger partial charge in [-0.15, -0.1) is 0 Å². The molecule has 1 spiro atoms. The molecule has 1 aliphatic heterocycles. The van der Waals surface area contributed by atoms with Crippen molar-refractivity contribution in [2.45, 2.75) is 83.8 Å². The van der Waals surface area contributed by atoms with E-state index in [1.54, 1.807) is 0 Å². The monoisotopic (exact) mass is 300 g/mol. The van der Waals surface area contributed by atoms with Crippen molar-refractivity contribution in [3.63, 3.8) is 0 Å². The Morgan fingerprint density at radius 3 is 2.73 bits per heavy atom. The van der Waals surface area contributed by atoms with Gasteiger partial charge >= 0.3 is 0 Å². The number of rotatable bonds is 1. The van der Waals surface area contributed by atoms with Crippen LogP contribution in [0, 0.1) is 34.5 Å². The average molecular weight is 300 g/mol. The van der Waals surface area contributed by atoms with Crippen LogP contribution in [0.4, 0.5) is 0 Å². The Labute approximate surface area is 135 Å². The minimum absolute atomic E-state index is 0.249. The molecule has 122 valence electrons. The summed E-state index contributed by atoms with van der Waals surface area (Å²) < 4.78 is 6.34. The van der Waals surface area contributed by atoms with Crippen molar-refractivity contribution in [1.82, 2.24) is 0 Å². The van der Waals surface area contributed by atoms with Gasteiger partial charge in [0.1, 0.15) is 5.60 Å². The second-order valence-electron chi connectivity index (χ2n) is 9.56. The van der Waals surface area contributed by atoms with Gasteiger partial charge < -0.3 is 4.74 Å². The molecule has 8 atom stereocenters. The van der Waals surface area contributed by atoms with E-state index in [1.807, 2.05) is 0 Å². The first-order valence-corrected chi connectivity index (χ1v) is 9.91. The maximum absolute atomic E-state index is 6.34. The zero-order valence-electron chi connectivity index (χ0n) is 14.6. The molecule has 0 amide bonds. The molecule has 5 aliphatic rings. The van der Waals surface area contributed by atoms with Gasteiger partial charge in [0, 0.05) is 5.41 Å². The third kappa shape index (κ3) is 1.42. The van der Waals surface area contributed by atoms with Gasteiger partial charge in [-0.2, -0.15) is 0 Å². The lowest BCUT2D eigenvalue weighted by atomic mass is 9.45. The second kappa shape index (κ2) is 4.21. The van der Waals surface area contributed by atoms with E-state index in [1.165, 1.54) is 51.4 Å². The van der Waals surface area contributed by atoms with Crippen molar-refractivity contribution in [2.75, 3.05) is 0 Å². The van der Waals surface area contributed by atoms with E-state index >= 15 is 0 Å². The summed E-state index contributed by atoms with van der Waals surface area (Å²) >= 11 is 0. The first kappa shape index (κ1) is 14.1. The molecule has 2 unspecified atom stereocenters. The van der Waals surface area contributed by atoms with E-state index in [0.29, 0.717) is 16.9 Å². The van der Waals surface area contributed by atoms with Crippen LogP contribution in [-0.2, 0) is 4.74 Å². The van der Waals surface area contributed by atoms with Crippen molar-refractivity contribution in [2.24, 2.45) is 34.5 Å². The van der Waals surface area contributed by atoms with Crippen LogP contribution in [0.25, 0.3) is 0 Å². The molecule has 3 saturated carbocycles. The summed E-state index contributed by atoms with van der Waals surface area (Å²) in [5.41, 5.74) is 1.24. The highest BCUT2D eigenvalue weighted by atomic mass is 16.6. The molecule has 4 fully saturated rings. The summed E-state index contributed by atoms with van der Waals surface area (Å²) in [6.07, 6.45) is 16.9. The molecule has 1 heterocycles. The molecule has 0 bridgehead atoms. The van der Waals surface area contributed by atoms with Gasteiger partial charge in [-0.05, 0) is 74.0 Å². The molecule has 0 radical (unpaired) electrons. The van der Waals surface area contributed by atoms with Gasteiger partial charge in [-0.1, -0.05) is 39.3 Å². The predicted molar refractivity (Wildman–Crippen MR) is 89.5 cm³/mol. The predicted octanol–water partition coefficient (Wildman–Crippen LogP) is 5.35. The Morgan fingerprint density at radius 1 is 1.05 bits per heavy atom. The molecule has 0 N–H and O–H groups in total. The summed E-state index contributed by atoms with van der Waals surface area (Å²) in [4.78, 5) is 0. The van der Waals surface area contributed by atoms with Crippen LogP contribution in [0.1, 0.15) is 72.1 Å². The fraction of sp³-hybridized carbons (Fsp3) is 0.905. The Kier molecular flexibility index (Phi) is 2.69. The molecule has 0 aromatic heterocycles. The van der Waals surface area contributed by atoms with Crippen LogP contribution in [0.3, 0.4) is 0 Å². The van der Waals surface area contributed by atoms with E-state index in [9.17, 15) is 0 Å². The summed E-state index contributed by atoms with van der Waals surface area (Å²) in [7, 11) is 0. The van der Waals surface area contributed by atoms with Crippen molar-refractivity contribution in [1.29, 1.82) is 0 Å². The van der Waals surface area contributed by atoms with Crippen molar-refractivity contribution in [3.8, 4) is 0 Å². The maximum Gasteiger partial charge on any atom is 0.104 e. The number of fused-ring (bicyclic) bond motifs is 4. The highest BCUT2D eigenvalue weighted by Gasteiger charge is 2.72. The van der Waals surface area contributed by atoms with Gasteiger partial charge in [0.2, 0.25) is 0 Å². The average Bonchev–Trinajstić information content (AvgIpc) is 3.13. The summed E-state index contributed by atoms with van der Waals surface area (Å²) in [6, 6.07) is 0. The van der Waals surface area contributed by atoms with Gasteiger partial charge in [0.05, 0.1) is 6.10 Å². The molecule has 0 aromatic rings. The molecule has 0 aromatic carbocycles. The van der Waals surface area contributed by atoms with Gasteiger partial charge in [-0.3, -0.25) is 0 Å². The summed E-state index contributed by atoms with van der Waals surface area (Å²) in [5, 5.41) is 0. The van der Waals surface area contributed by atoms with Crippen LogP contribution in [-0.4, -0.2) is 11.7 Å². The molecule has 1 heteroatoms. The van der Waals surface area contributed by atoms with Crippen molar-refractivity contribution < 1.29 is 4.74 Å². The highest BCUT2D eigenvalue weighted by molar-refractivity contribution is 5.29.